The van der Waals surface area contributed by atoms with Crippen LogP contribution in [-0.4, -0.2) is 41.4 Å². The molecule has 0 aromatic carbocycles. The van der Waals surface area contributed by atoms with E-state index >= 15 is 0 Å². The first-order valence-corrected chi connectivity index (χ1v) is 7.24. The minimum Gasteiger partial charge on any atom is -0.491 e. The number of nitrogens with two attached hydrogens (primary N) is 1. The van der Waals surface area contributed by atoms with Gasteiger partial charge in [0.15, 0.2) is 5.75 Å². The molecule has 1 atom stereocenters. The lowest BCUT2D eigenvalue weighted by atomic mass is 10.0. The fourth-order valence-corrected chi connectivity index (χ4v) is 2.81. The Balaban J connectivity index is 1.97. The van der Waals surface area contributed by atoms with Gasteiger partial charge in [-0.05, 0) is 6.42 Å². The number of anilines is 1. The molecule has 0 radical (unpaired) electrons. The standard InChI is InChI=1S/C15H19N5O3/c1-19-13-10(16)4-5-20(11(13)8-18-19)15(21)9-6-12(22-2)14(23-3)17-7-9/h6-8,10H,4-5,16H2,1-3H3. The summed E-state index contributed by atoms with van der Waals surface area (Å²) in [7, 11) is 4.83. The van der Waals surface area contributed by atoms with Crippen LogP contribution in [0.5, 0.6) is 11.6 Å². The van der Waals surface area contributed by atoms with Gasteiger partial charge in [-0.1, -0.05) is 0 Å². The number of aromatic nitrogens is 3. The SMILES string of the molecule is COc1cc(C(=O)N2CCC(N)c3c2cnn3C)cnc1OC. The van der Waals surface area contributed by atoms with Gasteiger partial charge < -0.3 is 20.1 Å². The van der Waals surface area contributed by atoms with Crippen LogP contribution in [0.3, 0.4) is 0 Å². The summed E-state index contributed by atoms with van der Waals surface area (Å²) < 4.78 is 12.0. The first-order chi connectivity index (χ1) is 11.1. The Hall–Kier alpha value is -2.61. The molecule has 23 heavy (non-hydrogen) atoms. The molecule has 0 aliphatic carbocycles. The summed E-state index contributed by atoms with van der Waals surface area (Å²) in [5.41, 5.74) is 8.15. The number of rotatable bonds is 3. The number of carbonyl (C=O) groups excluding carboxylic acids is 1. The van der Waals surface area contributed by atoms with E-state index in [2.05, 4.69) is 10.1 Å². The summed E-state index contributed by atoms with van der Waals surface area (Å²) in [5.74, 6) is 0.588. The van der Waals surface area contributed by atoms with Crippen LogP contribution in [0, 0.1) is 0 Å². The molecule has 0 bridgehead atoms. The van der Waals surface area contributed by atoms with Gasteiger partial charge in [-0.3, -0.25) is 9.48 Å². The molecule has 1 aliphatic rings. The summed E-state index contributed by atoms with van der Waals surface area (Å²) in [6.45, 7) is 0.535. The van der Waals surface area contributed by atoms with Gasteiger partial charge in [-0.2, -0.15) is 5.10 Å². The highest BCUT2D eigenvalue weighted by Crippen LogP contribution is 2.33. The van der Waals surface area contributed by atoms with Crippen molar-refractivity contribution in [2.75, 3.05) is 25.7 Å². The number of methoxy groups -OCH3 is 2. The van der Waals surface area contributed by atoms with Crippen molar-refractivity contribution >= 4 is 11.6 Å². The highest BCUT2D eigenvalue weighted by atomic mass is 16.5. The van der Waals surface area contributed by atoms with Crippen molar-refractivity contribution in [1.82, 2.24) is 14.8 Å². The van der Waals surface area contributed by atoms with Crippen LogP contribution in [0.4, 0.5) is 5.69 Å². The van der Waals surface area contributed by atoms with Gasteiger partial charge in [0, 0.05) is 25.9 Å². The maximum absolute atomic E-state index is 12.9. The van der Waals surface area contributed by atoms with Crippen molar-refractivity contribution in [2.45, 2.75) is 12.5 Å². The average molecular weight is 317 g/mol. The topological polar surface area (TPSA) is 95.5 Å². The first kappa shape index (κ1) is 15.3. The normalized spacial score (nSPS) is 16.9. The van der Waals surface area contributed by atoms with Gasteiger partial charge in [0.05, 0.1) is 43.4 Å². The van der Waals surface area contributed by atoms with Crippen molar-refractivity contribution in [3.05, 3.63) is 29.7 Å². The molecule has 1 amide bonds. The van der Waals surface area contributed by atoms with Gasteiger partial charge in [0.25, 0.3) is 11.8 Å². The lowest BCUT2D eigenvalue weighted by molar-refractivity contribution is 0.0983. The smallest absolute Gasteiger partial charge is 0.260 e. The number of ether oxygens (including phenoxy) is 2. The molecule has 2 N–H and O–H groups in total. The maximum atomic E-state index is 12.9. The minimum absolute atomic E-state index is 0.120. The Morgan fingerprint density at radius 2 is 2.13 bits per heavy atom. The zero-order valence-electron chi connectivity index (χ0n) is 13.3. The van der Waals surface area contributed by atoms with Crippen LogP contribution in [0.1, 0.15) is 28.5 Å². The van der Waals surface area contributed by atoms with E-state index in [1.165, 1.54) is 20.4 Å². The molecule has 3 rings (SSSR count). The van der Waals surface area contributed by atoms with E-state index in [1.54, 1.807) is 21.8 Å². The van der Waals surface area contributed by atoms with Crippen LogP contribution in [-0.2, 0) is 7.05 Å². The molecular weight excluding hydrogens is 298 g/mol. The fraction of sp³-hybridized carbons (Fsp3) is 0.400. The van der Waals surface area contributed by atoms with Crippen molar-refractivity contribution in [3.63, 3.8) is 0 Å². The molecule has 8 heteroatoms. The van der Waals surface area contributed by atoms with Gasteiger partial charge >= 0.3 is 0 Å². The molecule has 8 nitrogen and oxygen atoms in total. The van der Waals surface area contributed by atoms with Crippen LogP contribution < -0.4 is 20.1 Å². The Morgan fingerprint density at radius 1 is 1.35 bits per heavy atom. The molecule has 0 fully saturated rings. The monoisotopic (exact) mass is 317 g/mol. The van der Waals surface area contributed by atoms with E-state index in [-0.39, 0.29) is 11.9 Å². The van der Waals surface area contributed by atoms with Crippen molar-refractivity contribution in [3.8, 4) is 11.6 Å². The first-order valence-electron chi connectivity index (χ1n) is 7.24. The van der Waals surface area contributed by atoms with Gasteiger partial charge in [0.2, 0.25) is 0 Å². The Labute approximate surface area is 133 Å². The minimum atomic E-state index is -0.167. The average Bonchev–Trinajstić information content (AvgIpc) is 2.96. The zero-order valence-corrected chi connectivity index (χ0v) is 13.3. The molecule has 3 heterocycles. The van der Waals surface area contributed by atoms with E-state index in [9.17, 15) is 4.79 Å². The largest absolute Gasteiger partial charge is 0.491 e. The lowest BCUT2D eigenvalue weighted by Gasteiger charge is -2.30. The van der Waals surface area contributed by atoms with Crippen molar-refractivity contribution in [1.29, 1.82) is 0 Å². The molecule has 1 unspecified atom stereocenters. The number of pyridine rings is 1. The summed E-state index contributed by atoms with van der Waals surface area (Å²) >= 11 is 0. The molecule has 1 aliphatic heterocycles. The third-order valence-corrected chi connectivity index (χ3v) is 3.99. The van der Waals surface area contributed by atoms with Crippen molar-refractivity contribution in [2.24, 2.45) is 12.8 Å². The summed E-state index contributed by atoms with van der Waals surface area (Å²) in [4.78, 5) is 18.7. The highest BCUT2D eigenvalue weighted by Gasteiger charge is 2.31. The number of hydrogen-bond acceptors (Lipinski definition) is 6. The Morgan fingerprint density at radius 3 is 2.83 bits per heavy atom. The van der Waals surface area contributed by atoms with Crippen LogP contribution in [0.25, 0.3) is 0 Å². The van der Waals surface area contributed by atoms with Gasteiger partial charge in [-0.15, -0.1) is 0 Å². The summed E-state index contributed by atoms with van der Waals surface area (Å²) in [6, 6.07) is 1.50. The van der Waals surface area contributed by atoms with Crippen LogP contribution >= 0.6 is 0 Å². The number of carbonyl (C=O) groups is 1. The van der Waals surface area contributed by atoms with Crippen LogP contribution in [0.15, 0.2) is 18.5 Å². The maximum Gasteiger partial charge on any atom is 0.260 e. The van der Waals surface area contributed by atoms with Crippen molar-refractivity contribution < 1.29 is 14.3 Å². The van der Waals surface area contributed by atoms with Gasteiger partial charge in [0.1, 0.15) is 0 Å². The number of hydrogen-bond donors (Lipinski definition) is 1. The van der Waals surface area contributed by atoms with E-state index in [0.29, 0.717) is 30.2 Å². The van der Waals surface area contributed by atoms with E-state index in [1.807, 2.05) is 7.05 Å². The zero-order chi connectivity index (χ0) is 16.6. The second kappa shape index (κ2) is 5.88. The molecule has 0 saturated heterocycles. The second-order valence-corrected chi connectivity index (χ2v) is 5.33. The number of aryl methyl sites for hydroxylation is 1. The number of fused-ring (bicyclic) bond motifs is 1. The Bertz CT molecular complexity index is 743. The molecule has 2 aromatic rings. The molecule has 2 aromatic heterocycles. The Kier molecular flexibility index (Phi) is 3.91. The third-order valence-electron chi connectivity index (χ3n) is 3.99. The van der Waals surface area contributed by atoms with E-state index < -0.39 is 0 Å². The second-order valence-electron chi connectivity index (χ2n) is 5.33. The number of nitrogens with zero attached hydrogens (tertiary/aromatic N) is 4. The quantitative estimate of drug-likeness (QED) is 0.903. The summed E-state index contributed by atoms with van der Waals surface area (Å²) in [6.07, 6.45) is 3.83. The lowest BCUT2D eigenvalue weighted by Crippen LogP contribution is -2.38. The predicted octanol–water partition coefficient (Wildman–Crippen LogP) is 0.883. The predicted molar refractivity (Wildman–Crippen MR) is 83.8 cm³/mol. The third kappa shape index (κ3) is 2.50. The van der Waals surface area contributed by atoms with Gasteiger partial charge in [-0.25, -0.2) is 4.98 Å². The molecular formula is C15H19N5O3. The number of amides is 1. The highest BCUT2D eigenvalue weighted by molar-refractivity contribution is 6.06. The molecule has 0 spiro atoms. The van der Waals surface area contributed by atoms with Crippen LogP contribution in [0.2, 0.25) is 0 Å². The van der Waals surface area contributed by atoms with E-state index in [4.69, 9.17) is 15.2 Å². The van der Waals surface area contributed by atoms with E-state index in [0.717, 1.165) is 11.4 Å². The summed E-state index contributed by atoms with van der Waals surface area (Å²) in [5, 5.41) is 4.22. The molecule has 122 valence electrons. The fourth-order valence-electron chi connectivity index (χ4n) is 2.81. The molecule has 0 saturated carbocycles.